The van der Waals surface area contributed by atoms with E-state index in [-0.39, 0.29) is 0 Å². The zero-order valence-electron chi connectivity index (χ0n) is 9.44. The molecule has 0 unspecified atom stereocenters. The molecule has 0 bridgehead atoms. The SMILES string of the molecule is [I][Sn]([I])([CH2]c1ccccc1)[CH2]c1ccccc1. The van der Waals surface area contributed by atoms with Crippen molar-refractivity contribution in [2.24, 2.45) is 0 Å². The molecular weight excluding hydrogens is 541 g/mol. The Hall–Kier alpha value is 0.699. The van der Waals surface area contributed by atoms with Crippen LogP contribution in [0.4, 0.5) is 0 Å². The summed E-state index contributed by atoms with van der Waals surface area (Å²) in [4.78, 5) is 0. The molecule has 17 heavy (non-hydrogen) atoms. The molecule has 2 rings (SSSR count). The monoisotopic (exact) mass is 556 g/mol. The van der Waals surface area contributed by atoms with Gasteiger partial charge in [0.05, 0.1) is 0 Å². The van der Waals surface area contributed by atoms with Gasteiger partial charge < -0.3 is 0 Å². The first-order chi connectivity index (χ1) is 8.16. The van der Waals surface area contributed by atoms with Gasteiger partial charge in [0, 0.05) is 0 Å². The van der Waals surface area contributed by atoms with Gasteiger partial charge in [-0.15, -0.1) is 0 Å². The Bertz CT molecular complexity index is 411. The van der Waals surface area contributed by atoms with E-state index < -0.39 is 10.4 Å². The summed E-state index contributed by atoms with van der Waals surface area (Å²) in [6.45, 7) is 0. The number of rotatable bonds is 4. The maximum absolute atomic E-state index is 2.78. The fraction of sp³-hybridized carbons (Fsp3) is 0.143. The summed E-state index contributed by atoms with van der Waals surface area (Å²) in [5, 5.41) is 0. The van der Waals surface area contributed by atoms with Crippen LogP contribution in [0.15, 0.2) is 60.7 Å². The average molecular weight is 555 g/mol. The Morgan fingerprint density at radius 2 is 1.00 bits per heavy atom. The molecule has 0 nitrogen and oxygen atoms in total. The van der Waals surface area contributed by atoms with Gasteiger partial charge in [0.25, 0.3) is 0 Å². The van der Waals surface area contributed by atoms with Crippen molar-refractivity contribution in [1.29, 1.82) is 0 Å². The second-order valence-electron chi connectivity index (χ2n) is 4.18. The quantitative estimate of drug-likeness (QED) is 0.374. The molecule has 3 heteroatoms. The number of hydrogen-bond donors (Lipinski definition) is 0. The third kappa shape index (κ3) is 5.06. The van der Waals surface area contributed by atoms with Crippen molar-refractivity contribution in [1.82, 2.24) is 0 Å². The summed E-state index contributed by atoms with van der Waals surface area (Å²) in [7, 11) is -2.01. The molecule has 88 valence electrons. The minimum atomic E-state index is -2.01. The van der Waals surface area contributed by atoms with E-state index in [1.54, 1.807) is 0 Å². The molecule has 0 aliphatic carbocycles. The van der Waals surface area contributed by atoms with E-state index in [2.05, 4.69) is 97.9 Å². The molecule has 0 atom stereocenters. The Kier molecular flexibility index (Phi) is 5.60. The molecule has 0 amide bonds. The summed E-state index contributed by atoms with van der Waals surface area (Å²) in [5.74, 6) is 0. The van der Waals surface area contributed by atoms with Crippen molar-refractivity contribution in [3.63, 3.8) is 0 Å². The molecule has 0 aliphatic heterocycles. The zero-order valence-corrected chi connectivity index (χ0v) is 16.6. The molecule has 2 aromatic carbocycles. The maximum atomic E-state index is 2.78. The standard InChI is InChI=1S/2C7H7.2HI.Sn/c2*1-7-5-3-2-4-6-7;;;/h2*2-6H,1H2;2*1H;/q;;;;+2/p-2. The van der Waals surface area contributed by atoms with Crippen molar-refractivity contribution in [2.75, 3.05) is 0 Å². The van der Waals surface area contributed by atoms with Crippen molar-refractivity contribution in [3.05, 3.63) is 71.8 Å². The van der Waals surface area contributed by atoms with Gasteiger partial charge >= 0.3 is 128 Å². The number of benzene rings is 2. The molecule has 0 saturated heterocycles. The van der Waals surface area contributed by atoms with Gasteiger partial charge in [0.15, 0.2) is 0 Å². The zero-order chi connectivity index (χ0) is 12.1. The average Bonchev–Trinajstić information content (AvgIpc) is 2.30. The van der Waals surface area contributed by atoms with Crippen LogP contribution in [0.25, 0.3) is 0 Å². The number of hydrogen-bond acceptors (Lipinski definition) is 0. The van der Waals surface area contributed by atoms with Crippen LogP contribution >= 0.6 is 37.3 Å². The topological polar surface area (TPSA) is 0 Å². The molecule has 0 spiro atoms. The fourth-order valence-electron chi connectivity index (χ4n) is 1.85. The van der Waals surface area contributed by atoms with Crippen LogP contribution in [0.1, 0.15) is 11.1 Å². The van der Waals surface area contributed by atoms with Gasteiger partial charge in [0.1, 0.15) is 0 Å². The van der Waals surface area contributed by atoms with Crippen LogP contribution in [-0.2, 0) is 8.87 Å². The van der Waals surface area contributed by atoms with Gasteiger partial charge in [-0.2, -0.15) is 0 Å². The van der Waals surface area contributed by atoms with Crippen molar-refractivity contribution < 1.29 is 0 Å². The molecule has 0 fully saturated rings. The molecule has 2 aromatic rings. The first-order valence-corrected chi connectivity index (χ1v) is 26.3. The van der Waals surface area contributed by atoms with Crippen LogP contribution in [0.2, 0.25) is 0 Å². The molecular formula is C14H14I2Sn. The van der Waals surface area contributed by atoms with Gasteiger partial charge in [0.2, 0.25) is 0 Å². The summed E-state index contributed by atoms with van der Waals surface area (Å²) < 4.78 is 2.62. The summed E-state index contributed by atoms with van der Waals surface area (Å²) in [6, 6.07) is 21.8. The molecule has 0 N–H and O–H groups in total. The Morgan fingerprint density at radius 1 is 0.647 bits per heavy atom. The Labute approximate surface area is 126 Å². The predicted molar refractivity (Wildman–Crippen MR) is 94.1 cm³/mol. The molecule has 0 aliphatic rings. The summed E-state index contributed by atoms with van der Waals surface area (Å²) >= 11 is 5.56. The van der Waals surface area contributed by atoms with Crippen LogP contribution < -0.4 is 0 Å². The Morgan fingerprint density at radius 3 is 1.35 bits per heavy atom. The summed E-state index contributed by atoms with van der Waals surface area (Å²) in [6.07, 6.45) is 0. The molecule has 0 saturated carbocycles. The van der Waals surface area contributed by atoms with E-state index in [4.69, 9.17) is 0 Å². The van der Waals surface area contributed by atoms with E-state index in [0.717, 1.165) is 0 Å². The van der Waals surface area contributed by atoms with Gasteiger partial charge in [-0.1, -0.05) is 0 Å². The third-order valence-electron chi connectivity index (χ3n) is 2.61. The van der Waals surface area contributed by atoms with Crippen LogP contribution in [0.3, 0.4) is 0 Å². The summed E-state index contributed by atoms with van der Waals surface area (Å²) in [5.41, 5.74) is 3.01. The van der Waals surface area contributed by atoms with Crippen molar-refractivity contribution in [3.8, 4) is 0 Å². The van der Waals surface area contributed by atoms with E-state index in [9.17, 15) is 0 Å². The second kappa shape index (κ2) is 6.75. The molecule has 0 aromatic heterocycles. The van der Waals surface area contributed by atoms with Gasteiger partial charge in [-0.05, 0) is 0 Å². The van der Waals surface area contributed by atoms with E-state index in [1.807, 2.05) is 0 Å². The first kappa shape index (κ1) is 14.1. The van der Waals surface area contributed by atoms with E-state index in [0.29, 0.717) is 0 Å². The fourth-order valence-corrected chi connectivity index (χ4v) is 18.8. The molecule has 0 heterocycles. The van der Waals surface area contributed by atoms with Crippen molar-refractivity contribution in [2.45, 2.75) is 8.87 Å². The van der Waals surface area contributed by atoms with Crippen LogP contribution in [0, 0.1) is 0 Å². The van der Waals surface area contributed by atoms with Crippen LogP contribution in [-0.4, -0.2) is 10.4 Å². The first-order valence-electron chi connectivity index (χ1n) is 5.61. The minimum absolute atomic E-state index is 1.31. The molecule has 0 radical (unpaired) electrons. The second-order valence-corrected chi connectivity index (χ2v) is 52.6. The normalized spacial score (nSPS) is 11.4. The van der Waals surface area contributed by atoms with Gasteiger partial charge in [-0.25, -0.2) is 0 Å². The predicted octanol–water partition coefficient (Wildman–Crippen LogP) is 4.86. The van der Waals surface area contributed by atoms with Crippen molar-refractivity contribution >= 4 is 47.7 Å². The van der Waals surface area contributed by atoms with E-state index >= 15 is 0 Å². The van der Waals surface area contributed by atoms with Crippen LogP contribution in [0.5, 0.6) is 0 Å². The van der Waals surface area contributed by atoms with E-state index in [1.165, 1.54) is 20.0 Å². The number of halogens is 2. The van der Waals surface area contributed by atoms with Gasteiger partial charge in [-0.3, -0.25) is 0 Å². The third-order valence-corrected chi connectivity index (χ3v) is 18.1. The Balaban J connectivity index is 2.04.